The third-order valence-corrected chi connectivity index (χ3v) is 6.83. The van der Waals surface area contributed by atoms with E-state index in [4.69, 9.17) is 9.84 Å². The molecule has 1 aromatic carbocycles. The summed E-state index contributed by atoms with van der Waals surface area (Å²) in [4.78, 5) is 0.661. The summed E-state index contributed by atoms with van der Waals surface area (Å²) < 4.78 is 33.5. The minimum atomic E-state index is -3.74. The molecule has 5 nitrogen and oxygen atoms in total. The molecule has 2 N–H and O–H groups in total. The summed E-state index contributed by atoms with van der Waals surface area (Å²) in [6.45, 7) is -0.203. The van der Waals surface area contributed by atoms with Crippen LogP contribution in [0.15, 0.2) is 37.4 Å². The van der Waals surface area contributed by atoms with E-state index in [0.29, 0.717) is 20.1 Å². The number of thiophene rings is 1. The van der Waals surface area contributed by atoms with Crippen LogP contribution in [-0.4, -0.2) is 20.6 Å². The van der Waals surface area contributed by atoms with Crippen LogP contribution in [0.1, 0.15) is 4.88 Å². The molecular formula is C12H11Br2NO4S2. The molecule has 0 unspecified atom stereocenters. The van der Waals surface area contributed by atoms with Gasteiger partial charge in [0.25, 0.3) is 10.0 Å². The zero-order valence-electron chi connectivity index (χ0n) is 10.8. The quantitative estimate of drug-likeness (QED) is 0.720. The smallest absolute Gasteiger partial charge is 0.263 e. The lowest BCUT2D eigenvalue weighted by molar-refractivity contribution is 0.285. The minimum absolute atomic E-state index is 0.0958. The van der Waals surface area contributed by atoms with Gasteiger partial charge >= 0.3 is 0 Å². The number of aliphatic hydroxyl groups excluding tert-OH is 1. The highest BCUT2D eigenvalue weighted by atomic mass is 79.9. The Balaban J connectivity index is 2.35. The summed E-state index contributed by atoms with van der Waals surface area (Å²) in [5.74, 6) is 0.524. The number of halogens is 2. The maximum atomic E-state index is 12.4. The number of hydrogen-bond acceptors (Lipinski definition) is 5. The Labute approximate surface area is 143 Å². The number of rotatable bonds is 5. The summed E-state index contributed by atoms with van der Waals surface area (Å²) in [5.41, 5.74) is 0.388. The van der Waals surface area contributed by atoms with E-state index in [-0.39, 0.29) is 11.5 Å². The van der Waals surface area contributed by atoms with Crippen LogP contribution in [0.2, 0.25) is 0 Å². The van der Waals surface area contributed by atoms with E-state index >= 15 is 0 Å². The number of aliphatic hydroxyl groups is 1. The van der Waals surface area contributed by atoms with Gasteiger partial charge in [-0.2, -0.15) is 0 Å². The maximum absolute atomic E-state index is 12.4. The molecule has 21 heavy (non-hydrogen) atoms. The van der Waals surface area contributed by atoms with Gasteiger partial charge in [-0.3, -0.25) is 4.72 Å². The highest BCUT2D eigenvalue weighted by Crippen LogP contribution is 2.34. The van der Waals surface area contributed by atoms with E-state index in [2.05, 4.69) is 36.6 Å². The van der Waals surface area contributed by atoms with E-state index < -0.39 is 10.0 Å². The number of hydrogen-bond donors (Lipinski definition) is 2. The summed E-state index contributed by atoms with van der Waals surface area (Å²) in [7, 11) is -2.24. The van der Waals surface area contributed by atoms with Crippen molar-refractivity contribution in [3.63, 3.8) is 0 Å². The summed E-state index contributed by atoms with van der Waals surface area (Å²) in [6, 6.07) is 6.33. The molecule has 0 aliphatic rings. The van der Waals surface area contributed by atoms with Crippen molar-refractivity contribution in [1.82, 2.24) is 0 Å². The van der Waals surface area contributed by atoms with Gasteiger partial charge in [0.05, 0.1) is 27.7 Å². The van der Waals surface area contributed by atoms with Gasteiger partial charge in [-0.1, -0.05) is 0 Å². The molecular weight excluding hydrogens is 446 g/mol. The van der Waals surface area contributed by atoms with Gasteiger partial charge in [-0.25, -0.2) is 8.42 Å². The first kappa shape index (κ1) is 16.8. The second-order valence-corrected chi connectivity index (χ2v) is 8.92. The van der Waals surface area contributed by atoms with E-state index in [1.807, 2.05) is 0 Å². The molecule has 1 heterocycles. The monoisotopic (exact) mass is 455 g/mol. The standard InChI is InChI=1S/C12H11Br2NO4S2/c1-19-10-4-7(2-3-9(10)13)15-21(17,18)11-5-8(6-16)20-12(11)14/h2-5,15-16H,6H2,1H3. The highest BCUT2D eigenvalue weighted by molar-refractivity contribution is 9.11. The number of methoxy groups -OCH3 is 1. The molecule has 9 heteroatoms. The predicted octanol–water partition coefficient (Wildman–Crippen LogP) is 3.57. The lowest BCUT2D eigenvalue weighted by Crippen LogP contribution is -2.12. The van der Waals surface area contributed by atoms with Crippen LogP contribution >= 0.6 is 43.2 Å². The van der Waals surface area contributed by atoms with Crippen LogP contribution in [0.4, 0.5) is 5.69 Å². The van der Waals surface area contributed by atoms with Gasteiger partial charge < -0.3 is 9.84 Å². The maximum Gasteiger partial charge on any atom is 0.263 e. The Morgan fingerprint density at radius 1 is 1.33 bits per heavy atom. The molecule has 0 radical (unpaired) electrons. The van der Waals surface area contributed by atoms with Gasteiger partial charge in [-0.05, 0) is 50.1 Å². The van der Waals surface area contributed by atoms with Crippen molar-refractivity contribution in [2.24, 2.45) is 0 Å². The number of sulfonamides is 1. The average molecular weight is 457 g/mol. The van der Waals surface area contributed by atoms with E-state index in [9.17, 15) is 8.42 Å². The number of anilines is 1. The van der Waals surface area contributed by atoms with Crippen molar-refractivity contribution in [1.29, 1.82) is 0 Å². The Kier molecular flexibility index (Phi) is 5.31. The van der Waals surface area contributed by atoms with Crippen LogP contribution < -0.4 is 9.46 Å². The molecule has 2 rings (SSSR count). The molecule has 0 saturated heterocycles. The van der Waals surface area contributed by atoms with E-state index in [0.717, 1.165) is 4.47 Å². The van der Waals surface area contributed by atoms with Gasteiger partial charge in [0.2, 0.25) is 0 Å². The fourth-order valence-electron chi connectivity index (χ4n) is 1.59. The first-order valence-corrected chi connectivity index (χ1v) is 9.51. The van der Waals surface area contributed by atoms with Gasteiger partial charge in [0.15, 0.2) is 0 Å². The second kappa shape index (κ2) is 6.66. The van der Waals surface area contributed by atoms with Crippen molar-refractivity contribution in [3.8, 4) is 5.75 Å². The normalized spacial score (nSPS) is 11.4. The molecule has 2 aromatic rings. The third-order valence-electron chi connectivity index (χ3n) is 2.56. The molecule has 0 amide bonds. The zero-order valence-corrected chi connectivity index (χ0v) is 15.6. The van der Waals surface area contributed by atoms with Crippen molar-refractivity contribution < 1.29 is 18.3 Å². The molecule has 0 aliphatic heterocycles. The fourth-order valence-corrected chi connectivity index (χ4v) is 5.59. The number of ether oxygens (including phenoxy) is 1. The number of benzene rings is 1. The van der Waals surface area contributed by atoms with E-state index in [1.165, 1.54) is 24.5 Å². The average Bonchev–Trinajstić information content (AvgIpc) is 2.83. The Bertz CT molecular complexity index is 759. The topological polar surface area (TPSA) is 75.6 Å². The first-order valence-electron chi connectivity index (χ1n) is 5.63. The molecule has 0 bridgehead atoms. The van der Waals surface area contributed by atoms with Crippen LogP contribution in [-0.2, 0) is 16.6 Å². The summed E-state index contributed by atoms with van der Waals surface area (Å²) in [5, 5.41) is 9.08. The molecule has 1 aromatic heterocycles. The second-order valence-electron chi connectivity index (χ2n) is 3.96. The summed E-state index contributed by atoms with van der Waals surface area (Å²) >= 11 is 7.68. The minimum Gasteiger partial charge on any atom is -0.495 e. The van der Waals surface area contributed by atoms with Crippen molar-refractivity contribution in [2.45, 2.75) is 11.5 Å². The molecule has 0 fully saturated rings. The van der Waals surface area contributed by atoms with Crippen LogP contribution in [0.5, 0.6) is 5.75 Å². The molecule has 114 valence electrons. The number of nitrogens with one attached hydrogen (secondary N) is 1. The van der Waals surface area contributed by atoms with Crippen LogP contribution in [0, 0.1) is 0 Å². The van der Waals surface area contributed by atoms with Crippen molar-refractivity contribution in [3.05, 3.63) is 37.4 Å². The highest BCUT2D eigenvalue weighted by Gasteiger charge is 2.21. The fraction of sp³-hybridized carbons (Fsp3) is 0.167. The lowest BCUT2D eigenvalue weighted by Gasteiger charge is -2.09. The molecule has 0 aliphatic carbocycles. The predicted molar refractivity (Wildman–Crippen MR) is 89.4 cm³/mol. The third kappa shape index (κ3) is 3.78. The SMILES string of the molecule is COc1cc(NS(=O)(=O)c2cc(CO)sc2Br)ccc1Br. The molecule has 0 atom stereocenters. The van der Waals surface area contributed by atoms with Crippen molar-refractivity contribution >= 4 is 58.9 Å². The Hall–Kier alpha value is -0.610. The van der Waals surface area contributed by atoms with Gasteiger partial charge in [0, 0.05) is 10.9 Å². The lowest BCUT2D eigenvalue weighted by atomic mass is 10.3. The molecule has 0 spiro atoms. The first-order chi connectivity index (χ1) is 9.87. The largest absolute Gasteiger partial charge is 0.495 e. The van der Waals surface area contributed by atoms with Crippen LogP contribution in [0.3, 0.4) is 0 Å². The molecule has 0 saturated carbocycles. The Morgan fingerprint density at radius 3 is 2.62 bits per heavy atom. The van der Waals surface area contributed by atoms with Crippen molar-refractivity contribution in [2.75, 3.05) is 11.8 Å². The van der Waals surface area contributed by atoms with Gasteiger partial charge in [0.1, 0.15) is 10.6 Å². The summed E-state index contributed by atoms with van der Waals surface area (Å²) in [6.07, 6.45) is 0. The van der Waals surface area contributed by atoms with Gasteiger partial charge in [-0.15, -0.1) is 11.3 Å². The van der Waals surface area contributed by atoms with E-state index in [1.54, 1.807) is 18.2 Å². The Morgan fingerprint density at radius 2 is 2.05 bits per heavy atom. The van der Waals surface area contributed by atoms with Crippen LogP contribution in [0.25, 0.3) is 0 Å². The zero-order chi connectivity index (χ0) is 15.6.